The number of nitrogens with zero attached hydrogens (tertiary/aromatic N) is 6. The molecule has 11 nitrogen and oxygen atoms in total. The highest BCUT2D eigenvalue weighted by molar-refractivity contribution is 5.96. The minimum Gasteiger partial charge on any atom is -0.496 e. The summed E-state index contributed by atoms with van der Waals surface area (Å²) in [7, 11) is 3.10. The molecule has 188 valence electrons. The highest BCUT2D eigenvalue weighted by atomic mass is 19.1. The van der Waals surface area contributed by atoms with Crippen LogP contribution in [0.1, 0.15) is 21.6 Å². The average Bonchev–Trinajstić information content (AvgIpc) is 3.27. The van der Waals surface area contributed by atoms with Crippen LogP contribution in [0.3, 0.4) is 0 Å². The van der Waals surface area contributed by atoms with E-state index in [9.17, 15) is 19.3 Å². The molecular weight excluding hydrogens is 469 g/mol. The summed E-state index contributed by atoms with van der Waals surface area (Å²) < 4.78 is 19.9. The molecule has 0 atom stereocenters. The fraction of sp³-hybridized carbons (Fsp3) is 0.292. The first-order valence-corrected chi connectivity index (χ1v) is 11.3. The lowest BCUT2D eigenvalue weighted by Crippen LogP contribution is -2.46. The van der Waals surface area contributed by atoms with Crippen LogP contribution in [0, 0.1) is 15.9 Å². The van der Waals surface area contributed by atoms with E-state index in [-0.39, 0.29) is 11.5 Å². The third-order valence-corrected chi connectivity index (χ3v) is 5.86. The van der Waals surface area contributed by atoms with E-state index >= 15 is 0 Å². The standard InChI is InChI=1S/C24H26FN7O4/c1-29-16-21(32(34)35)23(28-29)24(33)27-26-14-17-3-8-22(36-2)18(13-17)15-30-9-11-31(12-10-30)20-6-4-19(25)5-7-20/h3-8,13-14,16H,9-12,15H2,1-2H3,(H,27,33). The van der Waals surface area contributed by atoms with Gasteiger partial charge in [-0.2, -0.15) is 10.2 Å². The number of nitrogens with one attached hydrogen (secondary N) is 1. The number of nitro groups is 1. The molecule has 1 fully saturated rings. The molecule has 12 heteroatoms. The molecule has 4 rings (SSSR count). The fourth-order valence-electron chi connectivity index (χ4n) is 4.05. The van der Waals surface area contributed by atoms with Gasteiger partial charge in [-0.25, -0.2) is 9.82 Å². The largest absolute Gasteiger partial charge is 0.496 e. The van der Waals surface area contributed by atoms with E-state index in [4.69, 9.17) is 4.74 Å². The van der Waals surface area contributed by atoms with Gasteiger partial charge in [-0.15, -0.1) is 0 Å². The first-order chi connectivity index (χ1) is 17.3. The number of anilines is 1. The topological polar surface area (TPSA) is 118 Å². The number of rotatable bonds is 8. The van der Waals surface area contributed by atoms with Gasteiger partial charge in [0.2, 0.25) is 5.69 Å². The number of hydrazone groups is 1. The first-order valence-electron chi connectivity index (χ1n) is 11.3. The Kier molecular flexibility index (Phi) is 7.54. The Bertz CT molecular complexity index is 1270. The van der Waals surface area contributed by atoms with Crippen LogP contribution >= 0.6 is 0 Å². The van der Waals surface area contributed by atoms with E-state index in [0.29, 0.717) is 6.54 Å². The van der Waals surface area contributed by atoms with E-state index in [2.05, 4.69) is 25.4 Å². The summed E-state index contributed by atoms with van der Waals surface area (Å²) in [6.45, 7) is 3.96. The van der Waals surface area contributed by atoms with Gasteiger partial charge in [-0.3, -0.25) is 24.5 Å². The predicted molar refractivity (Wildman–Crippen MR) is 132 cm³/mol. The van der Waals surface area contributed by atoms with Gasteiger partial charge in [0.05, 0.1) is 18.2 Å². The van der Waals surface area contributed by atoms with Crippen molar-refractivity contribution in [3.63, 3.8) is 0 Å². The van der Waals surface area contributed by atoms with Crippen molar-refractivity contribution in [3.05, 3.63) is 81.4 Å². The molecule has 0 radical (unpaired) electrons. The van der Waals surface area contributed by atoms with Crippen LogP contribution in [0.25, 0.3) is 0 Å². The summed E-state index contributed by atoms with van der Waals surface area (Å²) in [4.78, 5) is 27.3. The van der Waals surface area contributed by atoms with Gasteiger partial charge in [0.25, 0.3) is 5.91 Å². The number of hydrogen-bond donors (Lipinski definition) is 1. The van der Waals surface area contributed by atoms with E-state index in [0.717, 1.165) is 54.9 Å². The van der Waals surface area contributed by atoms with E-state index in [1.165, 1.54) is 30.1 Å². The van der Waals surface area contributed by atoms with Crippen molar-refractivity contribution in [2.24, 2.45) is 12.1 Å². The van der Waals surface area contributed by atoms with Crippen LogP contribution in [0.15, 0.2) is 53.8 Å². The second-order valence-electron chi connectivity index (χ2n) is 8.30. The second-order valence-corrected chi connectivity index (χ2v) is 8.30. The van der Waals surface area contributed by atoms with Crippen LogP contribution in [-0.2, 0) is 13.6 Å². The molecule has 3 aromatic rings. The number of aryl methyl sites for hydroxylation is 1. The summed E-state index contributed by atoms with van der Waals surface area (Å²) in [5.41, 5.74) is 4.28. The lowest BCUT2D eigenvalue weighted by molar-refractivity contribution is -0.385. The number of amides is 1. The van der Waals surface area contributed by atoms with Crippen LogP contribution in [-0.4, -0.2) is 65.0 Å². The van der Waals surface area contributed by atoms with E-state index < -0.39 is 16.5 Å². The molecule has 1 amide bonds. The Balaban J connectivity index is 1.38. The highest BCUT2D eigenvalue weighted by Gasteiger charge is 2.24. The maximum absolute atomic E-state index is 13.2. The maximum atomic E-state index is 13.2. The van der Waals surface area contributed by atoms with Crippen molar-refractivity contribution in [2.75, 3.05) is 38.2 Å². The van der Waals surface area contributed by atoms with Crippen molar-refractivity contribution in [1.82, 2.24) is 20.1 Å². The van der Waals surface area contributed by atoms with Gasteiger partial charge in [-0.05, 0) is 48.0 Å². The summed E-state index contributed by atoms with van der Waals surface area (Å²) in [5, 5.41) is 18.9. The van der Waals surface area contributed by atoms with Gasteiger partial charge in [-0.1, -0.05) is 0 Å². The number of methoxy groups -OCH3 is 1. The quantitative estimate of drug-likeness (QED) is 0.290. The number of carbonyl (C=O) groups is 1. The Morgan fingerprint density at radius 1 is 1.22 bits per heavy atom. The van der Waals surface area contributed by atoms with E-state index in [1.54, 1.807) is 25.3 Å². The summed E-state index contributed by atoms with van der Waals surface area (Å²) >= 11 is 0. The van der Waals surface area contributed by atoms with Crippen LogP contribution < -0.4 is 15.1 Å². The summed E-state index contributed by atoms with van der Waals surface area (Å²) in [5.74, 6) is -0.280. The lowest BCUT2D eigenvalue weighted by atomic mass is 10.1. The number of halogens is 1. The summed E-state index contributed by atoms with van der Waals surface area (Å²) in [6.07, 6.45) is 2.62. The Morgan fingerprint density at radius 3 is 2.61 bits per heavy atom. The SMILES string of the molecule is COc1ccc(C=NNC(=O)c2nn(C)cc2[N+](=O)[O-])cc1CN1CCN(c2ccc(F)cc2)CC1. The van der Waals surface area contributed by atoms with Gasteiger partial charge in [0, 0.05) is 51.0 Å². The zero-order valence-corrected chi connectivity index (χ0v) is 19.9. The molecule has 1 saturated heterocycles. The lowest BCUT2D eigenvalue weighted by Gasteiger charge is -2.36. The van der Waals surface area contributed by atoms with Gasteiger partial charge < -0.3 is 9.64 Å². The highest BCUT2D eigenvalue weighted by Crippen LogP contribution is 2.23. The van der Waals surface area contributed by atoms with Gasteiger partial charge in [0.15, 0.2) is 0 Å². The molecule has 0 spiro atoms. The maximum Gasteiger partial charge on any atom is 0.320 e. The average molecular weight is 496 g/mol. The molecule has 0 bridgehead atoms. The molecule has 0 unspecified atom stereocenters. The zero-order chi connectivity index (χ0) is 25.7. The van der Waals surface area contributed by atoms with Crippen LogP contribution in [0.2, 0.25) is 0 Å². The molecule has 0 saturated carbocycles. The van der Waals surface area contributed by atoms with Crippen LogP contribution in [0.4, 0.5) is 15.8 Å². The minimum absolute atomic E-state index is 0.245. The van der Waals surface area contributed by atoms with Crippen molar-refractivity contribution in [1.29, 1.82) is 0 Å². The van der Waals surface area contributed by atoms with Gasteiger partial charge in [0.1, 0.15) is 17.8 Å². The molecule has 1 aliphatic rings. The number of benzene rings is 2. The summed E-state index contributed by atoms with van der Waals surface area (Å²) in [6, 6.07) is 12.1. The Labute approximate surface area is 206 Å². The predicted octanol–water partition coefficient (Wildman–Crippen LogP) is 2.56. The number of carbonyl (C=O) groups excluding carboxylic acids is 1. The van der Waals surface area contributed by atoms with Crippen molar-refractivity contribution in [3.8, 4) is 5.75 Å². The zero-order valence-electron chi connectivity index (χ0n) is 19.9. The van der Waals surface area contributed by atoms with Crippen molar-refractivity contribution in [2.45, 2.75) is 6.54 Å². The Morgan fingerprint density at radius 2 is 1.94 bits per heavy atom. The molecule has 0 aliphatic carbocycles. The molecule has 36 heavy (non-hydrogen) atoms. The third kappa shape index (κ3) is 5.84. The molecule has 1 aromatic heterocycles. The molecule has 2 heterocycles. The smallest absolute Gasteiger partial charge is 0.320 e. The second kappa shape index (κ2) is 11.0. The van der Waals surface area contributed by atoms with Crippen molar-refractivity contribution < 1.29 is 18.8 Å². The molecule has 2 aromatic carbocycles. The minimum atomic E-state index is -0.772. The Hall–Kier alpha value is -4.32. The van der Waals surface area contributed by atoms with E-state index in [1.807, 2.05) is 12.1 Å². The van der Waals surface area contributed by atoms with Gasteiger partial charge >= 0.3 is 5.69 Å². The number of hydrogen-bond acceptors (Lipinski definition) is 8. The third-order valence-electron chi connectivity index (χ3n) is 5.86. The first kappa shape index (κ1) is 24.8. The molecule has 1 aliphatic heterocycles. The fourth-order valence-corrected chi connectivity index (χ4v) is 4.05. The number of ether oxygens (including phenoxy) is 1. The normalized spacial score (nSPS) is 14.2. The van der Waals surface area contributed by atoms with Crippen LogP contribution in [0.5, 0.6) is 5.75 Å². The van der Waals surface area contributed by atoms with Crippen molar-refractivity contribution >= 4 is 23.5 Å². The monoisotopic (exact) mass is 495 g/mol. The molecule has 1 N–H and O–H groups in total. The number of aromatic nitrogens is 2. The number of piperazine rings is 1. The molecular formula is C24H26FN7O4.